The van der Waals surface area contributed by atoms with Crippen molar-refractivity contribution in [2.45, 2.75) is 46.0 Å². The minimum Gasteiger partial charge on any atom is -0.252 e. The van der Waals surface area contributed by atoms with Crippen LogP contribution in [0.3, 0.4) is 0 Å². The summed E-state index contributed by atoms with van der Waals surface area (Å²) in [5.41, 5.74) is 24.3. The predicted molar refractivity (Wildman–Crippen MR) is 551 cm³/mol. The number of benzene rings is 20. The molecule has 0 atom stereocenters. The van der Waals surface area contributed by atoms with Crippen molar-refractivity contribution in [3.63, 3.8) is 0 Å². The molecule has 0 fully saturated rings. The molecule has 6 heterocycles. The molecular weight excluding hydrogens is 1610 g/mol. The van der Waals surface area contributed by atoms with Crippen molar-refractivity contribution in [1.29, 1.82) is 0 Å². The minimum absolute atomic E-state index is 0.0880. The standard InChI is InChI=1S/C44H26N2S.C38H28N2S.C37H26N2S/c1-2-15-30-27(11-1)12-8-21-32(30)37-22-10-24-39-38-23-9-20-31(43(38)47-44(37)39)28-13-7-14-29(25-28)40-26-45-41-35-18-5-3-16-33(35)34-17-4-6-19-36(34)42(41)46-40;1-38(2,3)32-20-10-19-31-30-18-9-17-25(36(30)41-37(31)32)23-11-8-12-24(21-23)33-22-39-34-28-15-6-4-13-26(28)27-14-5-7-16-29(27)35(34)40-33;1-22(2)25-16-8-18-31-32-19-9-17-26(37(32)40-36(25)31)23-10-7-11-24(20-23)33-21-38-34-29-14-5-3-12-27(29)28-13-4-6-15-30(28)35(34)39-33/h1-26H;4-22H,1-3H3;3-22H,1-2H3. The monoisotopic (exact) mass is 1690 g/mol. The zero-order valence-electron chi connectivity index (χ0n) is 70.9. The molecule has 0 aliphatic carbocycles. The molecule has 6 nitrogen and oxygen atoms in total. The lowest BCUT2D eigenvalue weighted by Gasteiger charge is -2.19. The molecule has 604 valence electrons. The van der Waals surface area contributed by atoms with Gasteiger partial charge in [-0.25, -0.2) is 15.0 Å². The van der Waals surface area contributed by atoms with E-state index < -0.39 is 0 Å². The maximum absolute atomic E-state index is 5.27. The van der Waals surface area contributed by atoms with Crippen LogP contribution in [-0.4, -0.2) is 29.9 Å². The van der Waals surface area contributed by atoms with E-state index in [1.807, 2.05) is 52.6 Å². The van der Waals surface area contributed by atoms with Gasteiger partial charge in [0.15, 0.2) is 0 Å². The van der Waals surface area contributed by atoms with Gasteiger partial charge < -0.3 is 0 Å². The average molecular weight is 1690 g/mol. The van der Waals surface area contributed by atoms with Crippen molar-refractivity contribution >= 4 is 203 Å². The number of fused-ring (bicyclic) bond motifs is 28. The largest absolute Gasteiger partial charge is 0.252 e. The molecule has 0 amide bonds. The second-order valence-electron chi connectivity index (χ2n) is 34.7. The molecule has 20 aromatic carbocycles. The van der Waals surface area contributed by atoms with Crippen LogP contribution in [0.5, 0.6) is 0 Å². The minimum atomic E-state index is 0.0880. The van der Waals surface area contributed by atoms with E-state index in [1.54, 1.807) is 0 Å². The van der Waals surface area contributed by atoms with Crippen LogP contribution in [0.25, 0.3) is 247 Å². The van der Waals surface area contributed by atoms with Crippen LogP contribution in [0.2, 0.25) is 0 Å². The molecule has 0 aliphatic heterocycles. The van der Waals surface area contributed by atoms with Gasteiger partial charge in [0, 0.05) is 115 Å². The van der Waals surface area contributed by atoms with Gasteiger partial charge in [0.1, 0.15) is 0 Å². The van der Waals surface area contributed by atoms with E-state index in [1.165, 1.54) is 159 Å². The SMILES string of the molecule is CC(C)(C)c1cccc2c1sc1c(-c3cccc(-c4cnc5c6ccccc6c6ccccc6c5n4)c3)cccc12.CC(C)c1cccc2c1sc1c(-c3cccc(-c4cnc5c6ccccc6c6ccccc6c5n4)c3)cccc12.c1cc(-c2cnc3c4ccccc4c4ccccc4c3n2)cc(-c2cccc3c2sc2c(-c4cccc5ccccc45)cccc23)c1. The van der Waals surface area contributed by atoms with E-state index in [4.69, 9.17) is 29.9 Å². The van der Waals surface area contributed by atoms with E-state index in [0.717, 1.165) is 99.2 Å². The maximum Gasteiger partial charge on any atom is 0.0979 e. The Kier molecular flexibility index (Phi) is 18.5. The topological polar surface area (TPSA) is 77.3 Å². The molecule has 0 N–H and O–H groups in total. The molecule has 26 aromatic rings. The van der Waals surface area contributed by atoms with E-state index in [-0.39, 0.29) is 5.41 Å². The Morgan fingerprint density at radius 2 is 0.469 bits per heavy atom. The first-order valence-corrected chi connectivity index (χ1v) is 46.2. The molecule has 0 bridgehead atoms. The molecule has 9 heteroatoms. The Labute approximate surface area is 751 Å². The molecule has 128 heavy (non-hydrogen) atoms. The second-order valence-corrected chi connectivity index (χ2v) is 37.8. The van der Waals surface area contributed by atoms with Crippen LogP contribution >= 0.6 is 34.0 Å². The normalized spacial score (nSPS) is 12.0. The van der Waals surface area contributed by atoms with Crippen LogP contribution in [0, 0.1) is 0 Å². The van der Waals surface area contributed by atoms with E-state index in [2.05, 4.69) is 405 Å². The third-order valence-corrected chi connectivity index (χ3v) is 29.7. The number of aromatic nitrogens is 6. The van der Waals surface area contributed by atoms with Crippen LogP contribution in [0.15, 0.2) is 389 Å². The summed E-state index contributed by atoms with van der Waals surface area (Å²) in [6.07, 6.45) is 5.79. The second kappa shape index (κ2) is 30.9. The maximum atomic E-state index is 5.27. The molecule has 0 radical (unpaired) electrons. The smallest absolute Gasteiger partial charge is 0.0979 e. The number of hydrogen-bond acceptors (Lipinski definition) is 9. The third-order valence-electron chi connectivity index (χ3n) is 25.8. The first-order valence-electron chi connectivity index (χ1n) is 43.8. The first-order chi connectivity index (χ1) is 63.0. The summed E-state index contributed by atoms with van der Waals surface area (Å²) in [6, 6.07) is 133. The number of hydrogen-bond donors (Lipinski definition) is 0. The zero-order chi connectivity index (χ0) is 85.4. The van der Waals surface area contributed by atoms with Crippen molar-refractivity contribution in [3.05, 3.63) is 400 Å². The van der Waals surface area contributed by atoms with Crippen molar-refractivity contribution in [2.75, 3.05) is 0 Å². The molecule has 0 spiro atoms. The van der Waals surface area contributed by atoms with Gasteiger partial charge in [0.2, 0.25) is 0 Å². The summed E-state index contributed by atoms with van der Waals surface area (Å²) in [5.74, 6) is 0.489. The van der Waals surface area contributed by atoms with Crippen LogP contribution in [0.4, 0.5) is 0 Å². The highest BCUT2D eigenvalue weighted by Gasteiger charge is 2.25. The number of rotatable bonds is 8. The fraction of sp³-hybridized carbons (Fsp3) is 0.0588. The lowest BCUT2D eigenvalue weighted by Crippen LogP contribution is -2.10. The van der Waals surface area contributed by atoms with Crippen LogP contribution < -0.4 is 0 Å². The predicted octanol–water partition coefficient (Wildman–Crippen LogP) is 34.2. The van der Waals surface area contributed by atoms with Crippen LogP contribution in [0.1, 0.15) is 51.7 Å². The number of thiophene rings is 3. The van der Waals surface area contributed by atoms with Gasteiger partial charge in [-0.15, -0.1) is 34.0 Å². The van der Waals surface area contributed by atoms with Crippen molar-refractivity contribution in [3.8, 4) is 78.3 Å². The van der Waals surface area contributed by atoms with E-state index in [0.29, 0.717) is 5.92 Å². The van der Waals surface area contributed by atoms with Crippen molar-refractivity contribution in [1.82, 2.24) is 29.9 Å². The van der Waals surface area contributed by atoms with Gasteiger partial charge in [-0.1, -0.05) is 386 Å². The molecule has 6 aromatic heterocycles. The molecule has 0 unspecified atom stereocenters. The van der Waals surface area contributed by atoms with E-state index >= 15 is 0 Å². The molecular formula is C119H80N6S3. The Bertz CT molecular complexity index is 8970. The summed E-state index contributed by atoms with van der Waals surface area (Å²) in [7, 11) is 0. The highest BCUT2D eigenvalue weighted by atomic mass is 32.1. The summed E-state index contributed by atoms with van der Waals surface area (Å²) in [4.78, 5) is 30.7. The molecule has 0 saturated heterocycles. The average Bonchev–Trinajstić information content (AvgIpc) is 0.826. The molecule has 0 saturated carbocycles. The fourth-order valence-corrected chi connectivity index (χ4v) is 24.1. The lowest BCUT2D eigenvalue weighted by atomic mass is 9.86. The van der Waals surface area contributed by atoms with Crippen LogP contribution in [-0.2, 0) is 5.41 Å². The highest BCUT2D eigenvalue weighted by molar-refractivity contribution is 7.27. The summed E-state index contributed by atoms with van der Waals surface area (Å²) < 4.78 is 8.08. The van der Waals surface area contributed by atoms with E-state index in [9.17, 15) is 0 Å². The molecule has 26 rings (SSSR count). The summed E-state index contributed by atoms with van der Waals surface area (Å²) in [6.45, 7) is 11.5. The Hall–Kier alpha value is -15.1. The van der Waals surface area contributed by atoms with Gasteiger partial charge in [0.25, 0.3) is 0 Å². The molecule has 0 aliphatic rings. The van der Waals surface area contributed by atoms with Gasteiger partial charge in [-0.2, -0.15) is 0 Å². The number of nitrogens with zero attached hydrogens (tertiary/aromatic N) is 6. The highest BCUT2D eigenvalue weighted by Crippen LogP contribution is 2.50. The Balaban J connectivity index is 0.000000107. The Morgan fingerprint density at radius 3 is 0.852 bits per heavy atom. The van der Waals surface area contributed by atoms with Crippen molar-refractivity contribution in [2.24, 2.45) is 0 Å². The quantitative estimate of drug-likeness (QED) is 0.141. The van der Waals surface area contributed by atoms with Crippen molar-refractivity contribution < 1.29 is 0 Å². The third kappa shape index (κ3) is 12.8. The summed E-state index contributed by atoms with van der Waals surface area (Å²) in [5, 5.41) is 24.6. The first kappa shape index (κ1) is 76.5. The van der Waals surface area contributed by atoms with Gasteiger partial charge in [-0.05, 0) is 123 Å². The van der Waals surface area contributed by atoms with Gasteiger partial charge in [0.05, 0.1) is 68.8 Å². The fourth-order valence-electron chi connectivity index (χ4n) is 19.7. The van der Waals surface area contributed by atoms with Gasteiger partial charge >= 0.3 is 0 Å². The summed E-state index contributed by atoms with van der Waals surface area (Å²) >= 11 is 5.72. The van der Waals surface area contributed by atoms with Gasteiger partial charge in [-0.3, -0.25) is 15.0 Å². The lowest BCUT2D eigenvalue weighted by molar-refractivity contribution is 0.597. The zero-order valence-corrected chi connectivity index (χ0v) is 73.4. The Morgan fingerprint density at radius 1 is 0.211 bits per heavy atom.